The number of aromatic nitrogens is 1. The van der Waals surface area contributed by atoms with E-state index in [1.165, 1.54) is 12.3 Å². The van der Waals surface area contributed by atoms with E-state index in [2.05, 4.69) is 10.3 Å². The topological polar surface area (TPSA) is 76.1 Å². The van der Waals surface area contributed by atoms with Crippen LogP contribution in [0, 0.1) is 0 Å². The molecule has 5 nitrogen and oxygen atoms in total. The Labute approximate surface area is 110 Å². The van der Waals surface area contributed by atoms with Gasteiger partial charge in [0.1, 0.15) is 15.5 Å². The van der Waals surface area contributed by atoms with Crippen LogP contribution in [0.3, 0.4) is 0 Å². The predicted octanol–water partition coefficient (Wildman–Crippen LogP) is 1.04. The molecule has 1 aliphatic rings. The minimum atomic E-state index is -2.91. The van der Waals surface area contributed by atoms with Crippen LogP contribution in [0.2, 0.25) is 5.02 Å². The van der Waals surface area contributed by atoms with Gasteiger partial charge in [0.2, 0.25) is 0 Å². The van der Waals surface area contributed by atoms with Crippen molar-refractivity contribution in [3.63, 3.8) is 0 Å². The number of nitrogens with one attached hydrogen (secondary N) is 1. The summed E-state index contributed by atoms with van der Waals surface area (Å²) >= 11 is 5.77. The van der Waals surface area contributed by atoms with Gasteiger partial charge in [-0.1, -0.05) is 11.6 Å². The molecule has 1 saturated heterocycles. The fourth-order valence-electron chi connectivity index (χ4n) is 1.82. The minimum absolute atomic E-state index is 0.109. The second kappa shape index (κ2) is 5.24. The van der Waals surface area contributed by atoms with E-state index in [-0.39, 0.29) is 29.1 Å². The zero-order valence-electron chi connectivity index (χ0n) is 9.60. The summed E-state index contributed by atoms with van der Waals surface area (Å²) in [5.41, 5.74) is 0.246. The van der Waals surface area contributed by atoms with Crippen LogP contribution in [0.15, 0.2) is 18.3 Å². The lowest BCUT2D eigenvalue weighted by Crippen LogP contribution is -2.41. The van der Waals surface area contributed by atoms with Gasteiger partial charge >= 0.3 is 0 Å². The van der Waals surface area contributed by atoms with Crippen molar-refractivity contribution in [2.24, 2.45) is 0 Å². The van der Waals surface area contributed by atoms with Crippen molar-refractivity contribution < 1.29 is 13.2 Å². The zero-order chi connectivity index (χ0) is 13.2. The Hall–Kier alpha value is -1.14. The average Bonchev–Trinajstić information content (AvgIpc) is 2.32. The highest BCUT2D eigenvalue weighted by Gasteiger charge is 2.25. The van der Waals surface area contributed by atoms with Gasteiger partial charge in [-0.15, -0.1) is 0 Å². The van der Waals surface area contributed by atoms with Gasteiger partial charge in [-0.2, -0.15) is 0 Å². The highest BCUT2D eigenvalue weighted by Crippen LogP contribution is 2.13. The largest absolute Gasteiger partial charge is 0.348 e. The quantitative estimate of drug-likeness (QED) is 0.882. The lowest BCUT2D eigenvalue weighted by molar-refractivity contribution is 0.0929. The second-order valence-corrected chi connectivity index (χ2v) is 7.00. The third-order valence-corrected chi connectivity index (χ3v) is 4.79. The van der Waals surface area contributed by atoms with Crippen molar-refractivity contribution in [3.8, 4) is 0 Å². The highest BCUT2D eigenvalue weighted by atomic mass is 35.5. The molecule has 98 valence electrons. The number of amides is 1. The van der Waals surface area contributed by atoms with Crippen molar-refractivity contribution in [1.29, 1.82) is 0 Å². The molecule has 1 N–H and O–H groups in total. The molecule has 0 atom stereocenters. The average molecular weight is 289 g/mol. The van der Waals surface area contributed by atoms with Crippen LogP contribution in [0.25, 0.3) is 0 Å². The fraction of sp³-hybridized carbons (Fsp3) is 0.455. The van der Waals surface area contributed by atoms with Crippen LogP contribution in [-0.2, 0) is 9.84 Å². The molecule has 18 heavy (non-hydrogen) atoms. The first-order chi connectivity index (χ1) is 8.46. The summed E-state index contributed by atoms with van der Waals surface area (Å²) in [4.78, 5) is 15.8. The molecule has 0 bridgehead atoms. The third-order valence-electron chi connectivity index (χ3n) is 2.84. The number of halogens is 1. The van der Waals surface area contributed by atoms with Crippen LogP contribution in [0.5, 0.6) is 0 Å². The van der Waals surface area contributed by atoms with E-state index in [0.29, 0.717) is 17.9 Å². The molecule has 1 amide bonds. The van der Waals surface area contributed by atoms with Crippen molar-refractivity contribution in [3.05, 3.63) is 29.0 Å². The fourth-order valence-corrected chi connectivity index (χ4v) is 3.47. The van der Waals surface area contributed by atoms with Gasteiger partial charge in [-0.25, -0.2) is 8.42 Å². The molecule has 2 rings (SSSR count). The minimum Gasteiger partial charge on any atom is -0.348 e. The van der Waals surface area contributed by atoms with Crippen molar-refractivity contribution in [2.75, 3.05) is 11.5 Å². The molecular formula is C11H13ClN2O3S. The Morgan fingerprint density at radius 3 is 2.67 bits per heavy atom. The number of hydrogen-bond donors (Lipinski definition) is 1. The van der Waals surface area contributed by atoms with Gasteiger partial charge in [0.15, 0.2) is 0 Å². The van der Waals surface area contributed by atoms with Gasteiger partial charge in [0.25, 0.3) is 5.91 Å². The zero-order valence-corrected chi connectivity index (χ0v) is 11.2. The maximum atomic E-state index is 11.8. The van der Waals surface area contributed by atoms with Crippen LogP contribution in [0.4, 0.5) is 0 Å². The van der Waals surface area contributed by atoms with Gasteiger partial charge < -0.3 is 5.32 Å². The van der Waals surface area contributed by atoms with E-state index in [1.807, 2.05) is 0 Å². The molecule has 0 aromatic carbocycles. The summed E-state index contributed by atoms with van der Waals surface area (Å²) in [6.45, 7) is 0. The molecule has 0 spiro atoms. The molecule has 1 aliphatic heterocycles. The molecule has 1 aromatic rings. The van der Waals surface area contributed by atoms with Crippen LogP contribution in [-0.4, -0.2) is 36.9 Å². The maximum absolute atomic E-state index is 11.8. The Morgan fingerprint density at radius 2 is 2.06 bits per heavy atom. The lowest BCUT2D eigenvalue weighted by Gasteiger charge is -2.22. The SMILES string of the molecule is O=C(NC1CCS(=O)(=O)CC1)c1cc(Cl)ccn1. The monoisotopic (exact) mass is 288 g/mol. The normalized spacial score (nSPS) is 19.4. The number of hydrogen-bond acceptors (Lipinski definition) is 4. The Bertz CT molecular complexity index is 545. The van der Waals surface area contributed by atoms with Crippen molar-refractivity contribution >= 4 is 27.3 Å². The lowest BCUT2D eigenvalue weighted by atomic mass is 10.1. The smallest absolute Gasteiger partial charge is 0.270 e. The van der Waals surface area contributed by atoms with Crippen molar-refractivity contribution in [2.45, 2.75) is 18.9 Å². The maximum Gasteiger partial charge on any atom is 0.270 e. The Morgan fingerprint density at radius 1 is 1.39 bits per heavy atom. The number of carbonyl (C=O) groups excluding carboxylic acids is 1. The summed E-state index contributed by atoms with van der Waals surface area (Å²) < 4.78 is 22.5. The number of rotatable bonds is 2. The van der Waals surface area contributed by atoms with Crippen molar-refractivity contribution in [1.82, 2.24) is 10.3 Å². The molecule has 1 aromatic heterocycles. The van der Waals surface area contributed by atoms with Crippen LogP contribution >= 0.6 is 11.6 Å². The molecule has 0 aliphatic carbocycles. The second-order valence-electron chi connectivity index (χ2n) is 4.26. The van der Waals surface area contributed by atoms with E-state index in [4.69, 9.17) is 11.6 Å². The molecule has 7 heteroatoms. The molecule has 0 saturated carbocycles. The van der Waals surface area contributed by atoms with Gasteiger partial charge in [0.05, 0.1) is 11.5 Å². The van der Waals surface area contributed by atoms with E-state index >= 15 is 0 Å². The van der Waals surface area contributed by atoms with Gasteiger partial charge in [-0.05, 0) is 25.0 Å². The third kappa shape index (κ3) is 3.43. The molecular weight excluding hydrogens is 276 g/mol. The Balaban J connectivity index is 1.97. The summed E-state index contributed by atoms with van der Waals surface area (Å²) in [6.07, 6.45) is 2.37. The standard InChI is InChI=1S/C11H13ClN2O3S/c12-8-1-4-13-10(7-8)11(15)14-9-2-5-18(16,17)6-3-9/h1,4,7,9H,2-3,5-6H2,(H,14,15). The predicted molar refractivity (Wildman–Crippen MR) is 68.4 cm³/mol. The van der Waals surface area contributed by atoms with Gasteiger partial charge in [-0.3, -0.25) is 9.78 Å². The summed E-state index contributed by atoms with van der Waals surface area (Å²) in [7, 11) is -2.91. The summed E-state index contributed by atoms with van der Waals surface area (Å²) in [5, 5.41) is 3.22. The molecule has 2 heterocycles. The van der Waals surface area contributed by atoms with Gasteiger partial charge in [0, 0.05) is 17.3 Å². The van der Waals surface area contributed by atoms with Crippen LogP contribution in [0.1, 0.15) is 23.3 Å². The molecule has 0 radical (unpaired) electrons. The first-order valence-corrected chi connectivity index (χ1v) is 7.79. The summed E-state index contributed by atoms with van der Waals surface area (Å²) in [5.74, 6) is -0.0660. The number of pyridine rings is 1. The van der Waals surface area contributed by atoms with Crippen LogP contribution < -0.4 is 5.32 Å². The highest BCUT2D eigenvalue weighted by molar-refractivity contribution is 7.91. The first kappa shape index (κ1) is 13.3. The first-order valence-electron chi connectivity index (χ1n) is 5.59. The Kier molecular flexibility index (Phi) is 3.87. The van der Waals surface area contributed by atoms with E-state index < -0.39 is 9.84 Å². The van der Waals surface area contributed by atoms with E-state index in [9.17, 15) is 13.2 Å². The summed E-state index contributed by atoms with van der Waals surface area (Å²) in [6, 6.07) is 2.96. The van der Waals surface area contributed by atoms with E-state index in [1.54, 1.807) is 6.07 Å². The number of nitrogens with zero attached hydrogens (tertiary/aromatic N) is 1. The number of sulfone groups is 1. The number of carbonyl (C=O) groups is 1. The molecule has 1 fully saturated rings. The molecule has 0 unspecified atom stereocenters. The van der Waals surface area contributed by atoms with E-state index in [0.717, 1.165) is 0 Å².